The van der Waals surface area contributed by atoms with E-state index in [0.717, 1.165) is 61.0 Å². The number of hydrogen-bond acceptors (Lipinski definition) is 4. The van der Waals surface area contributed by atoms with Gasteiger partial charge in [-0.2, -0.15) is 4.57 Å². The van der Waals surface area contributed by atoms with Crippen molar-refractivity contribution >= 4 is 10.9 Å². The lowest BCUT2D eigenvalue weighted by Gasteiger charge is -2.18. The van der Waals surface area contributed by atoms with Crippen molar-refractivity contribution in [2.45, 2.75) is 6.61 Å². The molecule has 226 valence electrons. The summed E-state index contributed by atoms with van der Waals surface area (Å²) in [6.45, 7) is -0.110. The minimum absolute atomic E-state index is 0.110. The van der Waals surface area contributed by atoms with Crippen molar-refractivity contribution in [1.82, 2.24) is 0 Å². The average molecular weight is 605 g/mol. The molecular formula is C38H32F2NO4+. The van der Waals surface area contributed by atoms with Crippen LogP contribution in [0.1, 0.15) is 5.56 Å². The number of benzene rings is 5. The van der Waals surface area contributed by atoms with E-state index in [2.05, 4.69) is 6.07 Å². The number of pyridine rings is 1. The second-order valence-corrected chi connectivity index (χ2v) is 10.8. The van der Waals surface area contributed by atoms with Gasteiger partial charge in [-0.1, -0.05) is 24.3 Å². The maximum Gasteiger partial charge on any atom is 0.254 e. The maximum atomic E-state index is 13.8. The summed E-state index contributed by atoms with van der Waals surface area (Å²) >= 11 is 0. The molecule has 0 bridgehead atoms. The predicted molar refractivity (Wildman–Crippen MR) is 172 cm³/mol. The summed E-state index contributed by atoms with van der Waals surface area (Å²) in [5.74, 6) is 1.13. The van der Waals surface area contributed by atoms with E-state index < -0.39 is 0 Å². The van der Waals surface area contributed by atoms with Crippen molar-refractivity contribution in [3.63, 3.8) is 0 Å². The molecule has 0 aliphatic carbocycles. The zero-order chi connectivity index (χ0) is 31.7. The summed E-state index contributed by atoms with van der Waals surface area (Å²) in [7, 11) is 6.77. The van der Waals surface area contributed by atoms with Gasteiger partial charge in [-0.05, 0) is 112 Å². The molecule has 0 aliphatic heterocycles. The van der Waals surface area contributed by atoms with Crippen molar-refractivity contribution in [1.29, 1.82) is 0 Å². The fraction of sp³-hybridized carbons (Fsp3) is 0.132. The van der Waals surface area contributed by atoms with Crippen LogP contribution in [0.5, 0.6) is 17.2 Å². The number of methoxy groups -OCH3 is 3. The molecule has 0 saturated carbocycles. The molecule has 7 heteroatoms. The maximum absolute atomic E-state index is 13.8. The molecule has 45 heavy (non-hydrogen) atoms. The van der Waals surface area contributed by atoms with Crippen LogP contribution >= 0.6 is 0 Å². The molecular weight excluding hydrogens is 572 g/mol. The zero-order valence-corrected chi connectivity index (χ0v) is 25.4. The van der Waals surface area contributed by atoms with Crippen LogP contribution in [0, 0.1) is 11.6 Å². The van der Waals surface area contributed by atoms with Crippen molar-refractivity contribution in [2.24, 2.45) is 7.05 Å². The highest BCUT2D eigenvalue weighted by molar-refractivity contribution is 5.90. The van der Waals surface area contributed by atoms with E-state index in [9.17, 15) is 13.9 Å². The molecule has 6 rings (SSSR count). The molecule has 5 aromatic carbocycles. The molecule has 0 saturated heterocycles. The van der Waals surface area contributed by atoms with Gasteiger partial charge in [0.05, 0.1) is 33.3 Å². The summed E-state index contributed by atoms with van der Waals surface area (Å²) in [6, 6.07) is 28.6. The van der Waals surface area contributed by atoms with Crippen LogP contribution in [0.4, 0.5) is 8.78 Å². The second kappa shape index (κ2) is 12.4. The Morgan fingerprint density at radius 3 is 1.67 bits per heavy atom. The smallest absolute Gasteiger partial charge is 0.254 e. The van der Waals surface area contributed by atoms with Gasteiger partial charge in [0.15, 0.2) is 23.4 Å². The number of aromatic nitrogens is 1. The van der Waals surface area contributed by atoms with Gasteiger partial charge in [-0.15, -0.1) is 0 Å². The molecule has 0 fully saturated rings. The first-order chi connectivity index (χ1) is 21.8. The first-order valence-electron chi connectivity index (χ1n) is 14.4. The van der Waals surface area contributed by atoms with Crippen LogP contribution < -0.4 is 18.8 Å². The third kappa shape index (κ3) is 5.82. The largest absolute Gasteiger partial charge is 0.493 e. The van der Waals surface area contributed by atoms with Crippen LogP contribution in [0.3, 0.4) is 0 Å². The van der Waals surface area contributed by atoms with Gasteiger partial charge in [-0.3, -0.25) is 0 Å². The number of rotatable bonds is 8. The van der Waals surface area contributed by atoms with E-state index in [-0.39, 0.29) is 18.2 Å². The Hall–Kier alpha value is -5.27. The van der Waals surface area contributed by atoms with Crippen LogP contribution in [0.25, 0.3) is 55.4 Å². The number of aliphatic hydroxyl groups excluding tert-OH is 1. The quantitative estimate of drug-likeness (QED) is 0.178. The molecule has 0 amide bonds. The average Bonchev–Trinajstić information content (AvgIpc) is 3.07. The molecule has 6 aromatic rings. The monoisotopic (exact) mass is 604 g/mol. The van der Waals surface area contributed by atoms with Gasteiger partial charge in [-0.25, -0.2) is 8.78 Å². The van der Waals surface area contributed by atoms with E-state index in [1.54, 1.807) is 45.6 Å². The number of ether oxygens (including phenoxy) is 3. The molecule has 0 atom stereocenters. The number of halogens is 2. The molecule has 0 aliphatic rings. The lowest BCUT2D eigenvalue weighted by atomic mass is 9.91. The van der Waals surface area contributed by atoms with Gasteiger partial charge in [0, 0.05) is 11.1 Å². The standard InChI is InChI=1S/C38H32F2NO4/c1-41-21-31(18-30-13-23(22-42)14-35(43-2)37(30)41)28-19-34(38(45-4)36(20-28)44-3)29-16-26(24-5-9-32(39)10-6-24)15-27(17-29)25-7-11-33(40)12-8-25/h5-21,42H,22H2,1-4H3/q+1. The van der Waals surface area contributed by atoms with Crippen LogP contribution in [-0.4, -0.2) is 26.4 Å². The van der Waals surface area contributed by atoms with E-state index in [1.165, 1.54) is 24.3 Å². The first kappa shape index (κ1) is 29.8. The van der Waals surface area contributed by atoms with Crippen molar-refractivity contribution in [3.8, 4) is 61.8 Å². The van der Waals surface area contributed by atoms with Crippen LogP contribution in [0.2, 0.25) is 0 Å². The molecule has 1 aromatic heterocycles. The topological polar surface area (TPSA) is 51.8 Å². The normalized spacial score (nSPS) is 11.1. The summed E-state index contributed by atoms with van der Waals surface area (Å²) < 4.78 is 47.1. The van der Waals surface area contributed by atoms with E-state index in [1.807, 2.05) is 60.3 Å². The fourth-order valence-electron chi connectivity index (χ4n) is 5.81. The SMILES string of the molecule is COc1cc(-c2cc3cc(CO)cc(OC)c3[n+](C)c2)cc(-c2cc(-c3ccc(F)cc3)cc(-c3ccc(F)cc3)c2)c1OC. The highest BCUT2D eigenvalue weighted by Crippen LogP contribution is 2.44. The lowest BCUT2D eigenvalue weighted by molar-refractivity contribution is -0.644. The Bertz CT molecular complexity index is 1960. The summed E-state index contributed by atoms with van der Waals surface area (Å²) in [4.78, 5) is 0. The van der Waals surface area contributed by atoms with Crippen molar-refractivity contribution in [3.05, 3.63) is 120 Å². The Kier molecular flexibility index (Phi) is 8.20. The van der Waals surface area contributed by atoms with Gasteiger partial charge < -0.3 is 19.3 Å². The highest BCUT2D eigenvalue weighted by atomic mass is 19.1. The molecule has 5 nitrogen and oxygen atoms in total. The third-order valence-corrected chi connectivity index (χ3v) is 7.97. The van der Waals surface area contributed by atoms with Gasteiger partial charge in [0.2, 0.25) is 0 Å². The van der Waals surface area contributed by atoms with E-state index >= 15 is 0 Å². The Balaban J connectivity index is 1.59. The Labute approximate surface area is 260 Å². The molecule has 1 heterocycles. The predicted octanol–water partition coefficient (Wildman–Crippen LogP) is 8.13. The van der Waals surface area contributed by atoms with Crippen LogP contribution in [0.15, 0.2) is 103 Å². The molecule has 0 unspecified atom stereocenters. The van der Waals surface area contributed by atoms with Crippen molar-refractivity contribution in [2.75, 3.05) is 21.3 Å². The first-order valence-corrected chi connectivity index (χ1v) is 14.4. The van der Waals surface area contributed by atoms with Gasteiger partial charge in [0.1, 0.15) is 18.7 Å². The number of nitrogens with zero attached hydrogens (tertiary/aromatic N) is 1. The summed E-state index contributed by atoms with van der Waals surface area (Å²) in [5.41, 5.74) is 8.44. The lowest BCUT2D eigenvalue weighted by Crippen LogP contribution is -2.29. The minimum Gasteiger partial charge on any atom is -0.493 e. The minimum atomic E-state index is -0.319. The molecule has 0 spiro atoms. The molecule has 0 radical (unpaired) electrons. The summed E-state index contributed by atoms with van der Waals surface area (Å²) in [6.07, 6.45) is 2.02. The fourth-order valence-corrected chi connectivity index (χ4v) is 5.81. The number of hydrogen-bond donors (Lipinski definition) is 1. The highest BCUT2D eigenvalue weighted by Gasteiger charge is 2.21. The second-order valence-electron chi connectivity index (χ2n) is 10.8. The Morgan fingerprint density at radius 1 is 0.578 bits per heavy atom. The van der Waals surface area contributed by atoms with E-state index in [4.69, 9.17) is 14.2 Å². The van der Waals surface area contributed by atoms with Crippen LogP contribution in [-0.2, 0) is 13.7 Å². The number of aryl methyl sites for hydroxylation is 1. The Morgan fingerprint density at radius 2 is 1.13 bits per heavy atom. The summed E-state index contributed by atoms with van der Waals surface area (Å²) in [5, 5.41) is 10.8. The van der Waals surface area contributed by atoms with Crippen molar-refractivity contribution < 1.29 is 32.7 Å². The van der Waals surface area contributed by atoms with Gasteiger partial charge >= 0.3 is 0 Å². The zero-order valence-electron chi connectivity index (χ0n) is 25.4. The number of fused-ring (bicyclic) bond motifs is 1. The van der Waals surface area contributed by atoms with Gasteiger partial charge in [0.25, 0.3) is 5.52 Å². The third-order valence-electron chi connectivity index (χ3n) is 7.97. The number of aliphatic hydroxyl groups is 1. The molecule has 1 N–H and O–H groups in total. The van der Waals surface area contributed by atoms with E-state index in [0.29, 0.717) is 17.2 Å².